The Kier molecular flexibility index (Phi) is 1.69. The topological polar surface area (TPSA) is 22.0 Å². The van der Waals surface area contributed by atoms with Crippen LogP contribution < -0.4 is 5.43 Å². The fourth-order valence-electron chi connectivity index (χ4n) is 1.47. The number of fused-ring (bicyclic) bond motifs is 1. The van der Waals surface area contributed by atoms with Crippen molar-refractivity contribution >= 4 is 0 Å². The van der Waals surface area contributed by atoms with E-state index in [1.165, 1.54) is 0 Å². The van der Waals surface area contributed by atoms with Crippen molar-refractivity contribution in [1.82, 2.24) is 4.57 Å². The molecule has 2 nitrogen and oxygen atoms in total. The van der Waals surface area contributed by atoms with Crippen LogP contribution in [0.15, 0.2) is 35.1 Å². The van der Waals surface area contributed by atoms with Gasteiger partial charge in [-0.15, -0.1) is 0 Å². The first-order chi connectivity index (χ1) is 6.18. The third-order valence-electron chi connectivity index (χ3n) is 2.40. The first kappa shape index (κ1) is 8.05. The van der Waals surface area contributed by atoms with Gasteiger partial charge in [0.15, 0.2) is 5.43 Å². The predicted octanol–water partition coefficient (Wildman–Crippen LogP) is 1.80. The lowest BCUT2D eigenvalue weighted by Crippen LogP contribution is -2.06. The number of aromatic nitrogens is 1. The number of nitrogens with zero attached hydrogens (tertiary/aromatic N) is 1. The van der Waals surface area contributed by atoms with Crippen molar-refractivity contribution in [3.63, 3.8) is 0 Å². The second-order valence-corrected chi connectivity index (χ2v) is 3.25. The van der Waals surface area contributed by atoms with E-state index >= 15 is 0 Å². The summed E-state index contributed by atoms with van der Waals surface area (Å²) in [5, 5.41) is 0. The van der Waals surface area contributed by atoms with Crippen LogP contribution in [-0.2, 0) is 7.05 Å². The number of aryl methyl sites for hydroxylation is 1. The Morgan fingerprint density at radius 2 is 1.85 bits per heavy atom. The molecule has 1 aliphatic carbocycles. The van der Waals surface area contributed by atoms with Crippen LogP contribution in [0, 0.1) is 6.92 Å². The lowest BCUT2D eigenvalue weighted by Gasteiger charge is -2.13. The summed E-state index contributed by atoms with van der Waals surface area (Å²) in [4.78, 5) is 11.1. The first-order valence-electron chi connectivity index (χ1n) is 4.25. The molecule has 0 fully saturated rings. The van der Waals surface area contributed by atoms with E-state index in [0.717, 1.165) is 17.0 Å². The monoisotopic (exact) mass is 173 g/mol. The second kappa shape index (κ2) is 2.73. The lowest BCUT2D eigenvalue weighted by atomic mass is 10.1. The molecule has 0 spiro atoms. The Hall–Kier alpha value is -1.57. The molecule has 66 valence electrons. The molecule has 0 unspecified atom stereocenters. The summed E-state index contributed by atoms with van der Waals surface area (Å²) in [6.45, 7) is 2.02. The highest BCUT2D eigenvalue weighted by Crippen LogP contribution is 2.19. The molecule has 1 heterocycles. The Labute approximate surface area is 76.8 Å². The van der Waals surface area contributed by atoms with Crippen LogP contribution >= 0.6 is 0 Å². The summed E-state index contributed by atoms with van der Waals surface area (Å²) in [6.07, 6.45) is 0. The Morgan fingerprint density at radius 3 is 2.62 bits per heavy atom. The number of pyridine rings is 1. The van der Waals surface area contributed by atoms with Crippen molar-refractivity contribution in [2.75, 3.05) is 0 Å². The Morgan fingerprint density at radius 1 is 1.15 bits per heavy atom. The lowest BCUT2D eigenvalue weighted by molar-refractivity contribution is 0.864. The average molecular weight is 173 g/mol. The van der Waals surface area contributed by atoms with Gasteiger partial charge in [0.05, 0.1) is 5.69 Å². The molecule has 0 bridgehead atoms. The van der Waals surface area contributed by atoms with Crippen LogP contribution in [0.3, 0.4) is 0 Å². The number of hydrogen-bond acceptors (Lipinski definition) is 1. The zero-order valence-corrected chi connectivity index (χ0v) is 7.74. The SMILES string of the molecule is Cc1ccc2ccc(=O)cc-2n1C. The average Bonchev–Trinajstić information content (AvgIpc) is 2.12. The summed E-state index contributed by atoms with van der Waals surface area (Å²) in [7, 11) is 1.97. The van der Waals surface area contributed by atoms with E-state index in [0.29, 0.717) is 0 Å². The van der Waals surface area contributed by atoms with Gasteiger partial charge in [-0.05, 0) is 30.7 Å². The van der Waals surface area contributed by atoms with Crippen molar-refractivity contribution in [2.24, 2.45) is 7.05 Å². The van der Waals surface area contributed by atoms with Crippen molar-refractivity contribution < 1.29 is 0 Å². The molecule has 0 radical (unpaired) electrons. The van der Waals surface area contributed by atoms with Gasteiger partial charge in [0.2, 0.25) is 0 Å². The molecule has 1 aliphatic heterocycles. The summed E-state index contributed by atoms with van der Waals surface area (Å²) in [6, 6.07) is 9.20. The summed E-state index contributed by atoms with van der Waals surface area (Å²) < 4.78 is 2.02. The van der Waals surface area contributed by atoms with E-state index < -0.39 is 0 Å². The van der Waals surface area contributed by atoms with E-state index in [9.17, 15) is 4.79 Å². The molecule has 0 aromatic heterocycles. The molecule has 2 heteroatoms. The minimum Gasteiger partial charge on any atom is -0.348 e. The van der Waals surface area contributed by atoms with Crippen molar-refractivity contribution in [1.29, 1.82) is 0 Å². The van der Waals surface area contributed by atoms with Crippen LogP contribution in [-0.4, -0.2) is 4.57 Å². The maximum atomic E-state index is 11.1. The number of hydrogen-bond donors (Lipinski definition) is 0. The second-order valence-electron chi connectivity index (χ2n) is 3.25. The third kappa shape index (κ3) is 1.24. The van der Waals surface area contributed by atoms with E-state index in [1.54, 1.807) is 12.1 Å². The molecular weight excluding hydrogens is 162 g/mol. The highest BCUT2D eigenvalue weighted by molar-refractivity contribution is 5.61. The quantitative estimate of drug-likeness (QED) is 0.595. The highest BCUT2D eigenvalue weighted by atomic mass is 16.1. The molecule has 0 amide bonds. The minimum absolute atomic E-state index is 0.0636. The van der Waals surface area contributed by atoms with Crippen LogP contribution in [0.1, 0.15) is 5.69 Å². The molecule has 2 rings (SSSR count). The van der Waals surface area contributed by atoms with E-state index in [1.807, 2.05) is 36.7 Å². The molecule has 0 aromatic carbocycles. The van der Waals surface area contributed by atoms with Gasteiger partial charge >= 0.3 is 0 Å². The maximum absolute atomic E-state index is 11.1. The zero-order valence-electron chi connectivity index (χ0n) is 7.74. The van der Waals surface area contributed by atoms with Gasteiger partial charge in [0.1, 0.15) is 0 Å². The summed E-state index contributed by atoms with van der Waals surface area (Å²) >= 11 is 0. The van der Waals surface area contributed by atoms with Crippen LogP contribution in [0.4, 0.5) is 0 Å². The van der Waals surface area contributed by atoms with Crippen molar-refractivity contribution in [3.8, 4) is 11.3 Å². The third-order valence-corrected chi connectivity index (χ3v) is 2.40. The number of benzene rings is 1. The molecule has 13 heavy (non-hydrogen) atoms. The van der Waals surface area contributed by atoms with Gasteiger partial charge in [-0.25, -0.2) is 0 Å². The zero-order chi connectivity index (χ0) is 9.42. The van der Waals surface area contributed by atoms with Gasteiger partial charge in [0.25, 0.3) is 0 Å². The van der Waals surface area contributed by atoms with Gasteiger partial charge in [-0.1, -0.05) is 6.07 Å². The summed E-state index contributed by atoms with van der Waals surface area (Å²) in [5.41, 5.74) is 3.31. The van der Waals surface area contributed by atoms with Gasteiger partial charge in [-0.2, -0.15) is 0 Å². The van der Waals surface area contributed by atoms with Crippen LogP contribution in [0.25, 0.3) is 11.3 Å². The Bertz CT molecular complexity index is 470. The first-order valence-corrected chi connectivity index (χ1v) is 4.25. The van der Waals surface area contributed by atoms with Gasteiger partial charge in [0, 0.05) is 18.8 Å². The molecule has 2 aliphatic rings. The van der Waals surface area contributed by atoms with Crippen LogP contribution in [0.5, 0.6) is 0 Å². The molecular formula is C11H11NO. The fraction of sp³-hybridized carbons (Fsp3) is 0.182. The smallest absolute Gasteiger partial charge is 0.180 e. The molecule has 0 aromatic rings. The molecule has 0 saturated heterocycles. The summed E-state index contributed by atoms with van der Waals surface area (Å²) in [5.74, 6) is 0. The maximum Gasteiger partial charge on any atom is 0.180 e. The molecule has 0 atom stereocenters. The Balaban J connectivity index is 2.89. The highest BCUT2D eigenvalue weighted by Gasteiger charge is 2.04. The van der Waals surface area contributed by atoms with E-state index in [2.05, 4.69) is 0 Å². The van der Waals surface area contributed by atoms with Crippen LogP contribution in [0.2, 0.25) is 0 Å². The largest absolute Gasteiger partial charge is 0.348 e. The van der Waals surface area contributed by atoms with Crippen molar-refractivity contribution in [2.45, 2.75) is 6.92 Å². The molecule has 0 saturated carbocycles. The number of rotatable bonds is 0. The standard InChI is InChI=1S/C11H11NO/c1-8-3-4-9-5-6-10(13)7-11(9)12(8)2/h3-7H,1-2H3. The fourth-order valence-corrected chi connectivity index (χ4v) is 1.47. The van der Waals surface area contributed by atoms with Crippen molar-refractivity contribution in [3.05, 3.63) is 46.2 Å². The normalized spacial score (nSPS) is 10.6. The minimum atomic E-state index is 0.0636. The van der Waals surface area contributed by atoms with Gasteiger partial charge < -0.3 is 4.57 Å². The predicted molar refractivity (Wildman–Crippen MR) is 53.0 cm³/mol. The van der Waals surface area contributed by atoms with E-state index in [4.69, 9.17) is 0 Å². The van der Waals surface area contributed by atoms with Gasteiger partial charge in [-0.3, -0.25) is 4.79 Å². The molecule has 0 N–H and O–H groups in total. The van der Waals surface area contributed by atoms with E-state index in [-0.39, 0.29) is 5.43 Å².